The summed E-state index contributed by atoms with van der Waals surface area (Å²) < 4.78 is 0. The lowest BCUT2D eigenvalue weighted by Crippen LogP contribution is -3.00. The molecule has 0 fully saturated rings. The van der Waals surface area contributed by atoms with E-state index in [2.05, 4.69) is 128 Å². The topological polar surface area (TPSA) is 31.5 Å². The molecule has 1 heterocycles. The largest absolute Gasteiger partial charge is 1.00 e. The molecule has 3 rings (SSSR count). The van der Waals surface area contributed by atoms with Crippen LogP contribution in [0.2, 0.25) is 0 Å². The van der Waals surface area contributed by atoms with Gasteiger partial charge in [-0.3, -0.25) is 0 Å². The molecule has 1 aliphatic heterocycles. The van der Waals surface area contributed by atoms with Crippen molar-refractivity contribution in [3.8, 4) is 0 Å². The summed E-state index contributed by atoms with van der Waals surface area (Å²) in [5, 5.41) is 3.67. The third kappa shape index (κ3) is 12.3. The number of benzene rings is 1. The van der Waals surface area contributed by atoms with E-state index < -0.39 is 0 Å². The average Bonchev–Trinajstić information content (AvgIpc) is 2.89. The minimum absolute atomic E-state index is 0. The predicted octanol–water partition coefficient (Wildman–Crippen LogP) is 1.59. The summed E-state index contributed by atoms with van der Waals surface area (Å²) in [4.78, 5) is 16.8. The Kier molecular flexibility index (Phi) is 15.8. The highest BCUT2D eigenvalue weighted by molar-refractivity contribution is 8.03. The first-order chi connectivity index (χ1) is 19.1. The minimum Gasteiger partial charge on any atom is -1.00 e. The molecule has 0 unspecified atom stereocenters. The summed E-state index contributed by atoms with van der Waals surface area (Å²) in [7, 11) is 17.3. The second-order valence-corrected chi connectivity index (χ2v) is 13.2. The number of allylic oxidation sites excluding steroid dienone is 3. The summed E-state index contributed by atoms with van der Waals surface area (Å²) in [5.41, 5.74) is 4.87. The van der Waals surface area contributed by atoms with Crippen molar-refractivity contribution < 1.29 is 17.0 Å². The molecule has 1 aromatic carbocycles. The summed E-state index contributed by atoms with van der Waals surface area (Å²) >= 11 is 1.88. The van der Waals surface area contributed by atoms with Crippen molar-refractivity contribution in [2.24, 2.45) is 0 Å². The first kappa shape index (κ1) is 35.6. The van der Waals surface area contributed by atoms with Gasteiger partial charge in [0.05, 0.1) is 22.7 Å². The van der Waals surface area contributed by atoms with Crippen molar-refractivity contribution in [3.05, 3.63) is 52.7 Å². The molecule has 0 amide bonds. The van der Waals surface area contributed by atoms with E-state index in [9.17, 15) is 0 Å². The molecule has 230 valence electrons. The van der Waals surface area contributed by atoms with Crippen LogP contribution >= 0.6 is 11.8 Å². The zero-order valence-electron chi connectivity index (χ0n) is 26.8. The van der Waals surface area contributed by atoms with Gasteiger partial charge in [-0.05, 0) is 138 Å². The van der Waals surface area contributed by atoms with Crippen LogP contribution in [0.5, 0.6) is 0 Å². The van der Waals surface area contributed by atoms with Gasteiger partial charge < -0.3 is 51.7 Å². The second-order valence-electron chi connectivity index (χ2n) is 12.1. The number of hydrogen-bond donors (Lipinski definition) is 1. The molecule has 2 aliphatic rings. The maximum atomic E-state index is 3.67. The second kappa shape index (κ2) is 18.2. The molecule has 0 spiro atoms. The molecule has 0 bridgehead atoms. The van der Waals surface area contributed by atoms with Gasteiger partial charge in [-0.1, -0.05) is 0 Å². The Morgan fingerprint density at radius 1 is 0.659 bits per heavy atom. The SMILES string of the molecule is CN(C)CCCN(CCCN(C)C)C1=CC2=C([C+]=C1)Nc1ccc(N(CCCN(C)C)CCCN(C)C)cc1S2.[Br-]. The molecule has 9 heteroatoms. The van der Waals surface area contributed by atoms with Crippen molar-refractivity contribution in [3.63, 3.8) is 0 Å². The Balaban J connectivity index is 0.00000588. The number of fused-ring (bicyclic) bond motifs is 1. The summed E-state index contributed by atoms with van der Waals surface area (Å²) in [6.07, 6.45) is 12.8. The Morgan fingerprint density at radius 3 is 1.63 bits per heavy atom. The number of halogens is 1. The molecular weight excluding hydrogens is 594 g/mol. The van der Waals surface area contributed by atoms with Crippen LogP contribution in [0.4, 0.5) is 11.4 Å². The maximum absolute atomic E-state index is 3.67. The molecule has 0 aromatic heterocycles. The highest BCUT2D eigenvalue weighted by atomic mass is 79.9. The van der Waals surface area contributed by atoms with Gasteiger partial charge >= 0.3 is 0 Å². The number of rotatable bonds is 18. The molecule has 0 atom stereocenters. The Bertz CT molecular complexity index is 991. The maximum Gasteiger partial charge on any atom is 0.222 e. The van der Waals surface area contributed by atoms with Crippen molar-refractivity contribution in [1.82, 2.24) is 24.5 Å². The Labute approximate surface area is 266 Å². The van der Waals surface area contributed by atoms with Crippen LogP contribution < -0.4 is 27.2 Å². The first-order valence-electron chi connectivity index (χ1n) is 14.9. The molecule has 0 saturated carbocycles. The fourth-order valence-electron chi connectivity index (χ4n) is 5.03. The number of thioether (sulfide) groups is 1. The van der Waals surface area contributed by atoms with Crippen LogP contribution in [0, 0.1) is 6.08 Å². The smallest absolute Gasteiger partial charge is 0.222 e. The van der Waals surface area contributed by atoms with Crippen molar-refractivity contribution >= 4 is 23.1 Å². The molecular formula is C32H54BrN7S. The fraction of sp³-hybridized carbons (Fsp3) is 0.625. The first-order valence-corrected chi connectivity index (χ1v) is 15.7. The minimum atomic E-state index is 0. The van der Waals surface area contributed by atoms with Gasteiger partial charge in [-0.2, -0.15) is 0 Å². The lowest BCUT2D eigenvalue weighted by molar-refractivity contribution is -0.00000857. The normalized spacial score (nSPS) is 14.1. The highest BCUT2D eigenvalue weighted by Gasteiger charge is 2.29. The molecule has 0 saturated heterocycles. The van der Waals surface area contributed by atoms with Gasteiger partial charge in [0, 0.05) is 31.9 Å². The van der Waals surface area contributed by atoms with Crippen molar-refractivity contribution in [2.45, 2.75) is 30.6 Å². The average molecular weight is 649 g/mol. The number of hydrogen-bond acceptors (Lipinski definition) is 8. The quantitative estimate of drug-likeness (QED) is 0.241. The summed E-state index contributed by atoms with van der Waals surface area (Å²) in [6.45, 7) is 8.69. The lowest BCUT2D eigenvalue weighted by atomic mass is 10.1. The van der Waals surface area contributed by atoms with E-state index in [-0.39, 0.29) is 17.0 Å². The third-order valence-corrected chi connectivity index (χ3v) is 8.30. The van der Waals surface area contributed by atoms with E-state index in [1.165, 1.54) is 26.9 Å². The van der Waals surface area contributed by atoms with Gasteiger partial charge in [-0.25, -0.2) is 0 Å². The number of anilines is 2. The molecule has 7 nitrogen and oxygen atoms in total. The van der Waals surface area contributed by atoms with E-state index in [1.54, 1.807) is 0 Å². The summed E-state index contributed by atoms with van der Waals surface area (Å²) in [5.74, 6) is 0. The zero-order chi connectivity index (χ0) is 29.1. The van der Waals surface area contributed by atoms with Gasteiger partial charge in [0.15, 0.2) is 10.6 Å². The Morgan fingerprint density at radius 2 is 1.15 bits per heavy atom. The standard InChI is InChI=1S/C32H54N7S.BrH/c1-34(2)17-9-21-38(22-10-18-35(3)4)27-13-15-29-31(25-27)40-32-26-28(14-16-30(32)33-29)39(23-11-19-36(5)6)24-12-20-37(7)8;/h13-15,25-26,33H,9-12,17-24H2,1-8H3;1H/q+1;/p-1. The Hall–Kier alpha value is -1.58. The summed E-state index contributed by atoms with van der Waals surface area (Å²) in [6, 6.07) is 6.93. The van der Waals surface area contributed by atoms with Crippen LogP contribution in [-0.2, 0) is 0 Å². The van der Waals surface area contributed by atoms with E-state index in [0.717, 1.165) is 83.7 Å². The van der Waals surface area contributed by atoms with Crippen molar-refractivity contribution in [2.75, 3.05) is 119 Å². The molecule has 1 aliphatic carbocycles. The van der Waals surface area contributed by atoms with Crippen LogP contribution in [0.3, 0.4) is 0 Å². The lowest BCUT2D eigenvalue weighted by Gasteiger charge is -2.28. The predicted molar refractivity (Wildman–Crippen MR) is 175 cm³/mol. The molecule has 1 aromatic rings. The van der Waals surface area contributed by atoms with Gasteiger partial charge in [0.25, 0.3) is 0 Å². The van der Waals surface area contributed by atoms with Crippen LogP contribution in [0.15, 0.2) is 51.5 Å². The molecule has 41 heavy (non-hydrogen) atoms. The highest BCUT2D eigenvalue weighted by Crippen LogP contribution is 2.44. The van der Waals surface area contributed by atoms with Gasteiger partial charge in [0.2, 0.25) is 5.70 Å². The zero-order valence-corrected chi connectivity index (χ0v) is 29.2. The molecule has 1 N–H and O–H groups in total. The van der Waals surface area contributed by atoms with Gasteiger partial charge in [-0.15, -0.1) is 0 Å². The van der Waals surface area contributed by atoms with Crippen LogP contribution in [0.25, 0.3) is 0 Å². The monoisotopic (exact) mass is 647 g/mol. The van der Waals surface area contributed by atoms with Crippen LogP contribution in [-0.4, -0.2) is 133 Å². The number of nitrogens with one attached hydrogen (secondary N) is 1. The fourth-order valence-corrected chi connectivity index (χ4v) is 6.06. The van der Waals surface area contributed by atoms with Gasteiger partial charge in [0.1, 0.15) is 6.08 Å². The van der Waals surface area contributed by atoms with E-state index in [4.69, 9.17) is 0 Å². The number of nitrogens with zero attached hydrogens (tertiary/aromatic N) is 6. The third-order valence-electron chi connectivity index (χ3n) is 7.20. The molecule has 0 radical (unpaired) electrons. The van der Waals surface area contributed by atoms with E-state index in [0.29, 0.717) is 0 Å². The van der Waals surface area contributed by atoms with Crippen LogP contribution in [0.1, 0.15) is 25.7 Å². The van der Waals surface area contributed by atoms with Crippen molar-refractivity contribution in [1.29, 1.82) is 0 Å². The van der Waals surface area contributed by atoms with E-state index in [1.807, 2.05) is 11.8 Å². The van der Waals surface area contributed by atoms with E-state index >= 15 is 0 Å².